The van der Waals surface area contributed by atoms with Crippen molar-refractivity contribution in [1.29, 1.82) is 0 Å². The van der Waals surface area contributed by atoms with Gasteiger partial charge in [-0.2, -0.15) is 0 Å². The van der Waals surface area contributed by atoms with Crippen molar-refractivity contribution in [2.45, 2.75) is 17.7 Å². The Balaban J connectivity index is 1.77. The van der Waals surface area contributed by atoms with Crippen LogP contribution >= 0.6 is 27.7 Å². The number of nitrogens with one attached hydrogen (secondary N) is 2. The molecule has 0 aliphatic heterocycles. The molecule has 2 heterocycles. The Morgan fingerprint density at radius 2 is 2.22 bits per heavy atom. The van der Waals surface area contributed by atoms with E-state index in [0.717, 1.165) is 5.56 Å². The molecule has 2 aromatic heterocycles. The van der Waals surface area contributed by atoms with Gasteiger partial charge in [0, 0.05) is 23.2 Å². The summed E-state index contributed by atoms with van der Waals surface area (Å²) in [5.41, 5.74) is 2.01. The van der Waals surface area contributed by atoms with Crippen LogP contribution in [0.4, 0.5) is 10.1 Å². The number of hydrogen-bond acceptors (Lipinski definition) is 7. The third-order valence-corrected chi connectivity index (χ3v) is 4.98. The summed E-state index contributed by atoms with van der Waals surface area (Å²) in [6, 6.07) is 7.56. The second-order valence-electron chi connectivity index (χ2n) is 5.46. The third kappa shape index (κ3) is 4.74. The van der Waals surface area contributed by atoms with Crippen LogP contribution in [0, 0.1) is 12.7 Å². The lowest BCUT2D eigenvalue weighted by molar-refractivity contribution is 0.297. The summed E-state index contributed by atoms with van der Waals surface area (Å²) in [4.78, 5) is 14.3. The van der Waals surface area contributed by atoms with Gasteiger partial charge >= 0.3 is 0 Å². The first-order chi connectivity index (χ1) is 13.0. The van der Waals surface area contributed by atoms with E-state index in [-0.39, 0.29) is 21.6 Å². The van der Waals surface area contributed by atoms with Gasteiger partial charge in [0.05, 0.1) is 4.47 Å². The first-order valence-electron chi connectivity index (χ1n) is 7.56. The molecule has 0 saturated heterocycles. The van der Waals surface area contributed by atoms with Gasteiger partial charge in [0.1, 0.15) is 5.82 Å². The molecule has 8 nitrogen and oxygen atoms in total. The molecular weight excluding hydrogens is 441 g/mol. The maximum Gasteiger partial charge on any atom is 0.248 e. The lowest BCUT2D eigenvalue weighted by atomic mass is 10.2. The van der Waals surface area contributed by atoms with Crippen LogP contribution in [0.5, 0.6) is 0 Å². The highest BCUT2D eigenvalue weighted by Gasteiger charge is 2.19. The van der Waals surface area contributed by atoms with Crippen LogP contribution < -0.4 is 10.9 Å². The van der Waals surface area contributed by atoms with Gasteiger partial charge in [-0.1, -0.05) is 16.9 Å². The fourth-order valence-corrected chi connectivity index (χ4v) is 3.42. The molecule has 3 rings (SSSR count). The zero-order valence-corrected chi connectivity index (χ0v) is 16.3. The number of pyridine rings is 1. The quantitative estimate of drug-likeness (QED) is 0.178. The Kier molecular flexibility index (Phi) is 5.91. The Morgan fingerprint density at radius 1 is 1.41 bits per heavy atom. The Morgan fingerprint density at radius 3 is 2.93 bits per heavy atom. The molecule has 0 bridgehead atoms. The number of aromatic amines is 1. The van der Waals surface area contributed by atoms with Crippen LogP contribution in [-0.2, 0) is 5.75 Å². The van der Waals surface area contributed by atoms with Crippen molar-refractivity contribution in [3.63, 3.8) is 0 Å². The van der Waals surface area contributed by atoms with Crippen molar-refractivity contribution in [3.8, 4) is 0 Å². The highest BCUT2D eigenvalue weighted by molar-refractivity contribution is 9.10. The number of H-pyrrole nitrogens is 1. The van der Waals surface area contributed by atoms with Crippen molar-refractivity contribution in [2.24, 2.45) is 5.16 Å². The van der Waals surface area contributed by atoms with Crippen molar-refractivity contribution in [3.05, 3.63) is 67.9 Å². The fraction of sp³-hybridized carbons (Fsp3) is 0.125. The number of rotatable bonds is 5. The molecule has 27 heavy (non-hydrogen) atoms. The van der Waals surface area contributed by atoms with Crippen molar-refractivity contribution >= 4 is 39.2 Å². The largest absolute Gasteiger partial charge is 0.409 e. The average molecular weight is 454 g/mol. The van der Waals surface area contributed by atoms with Gasteiger partial charge in [-0.15, -0.1) is 0 Å². The maximum atomic E-state index is 13.4. The molecule has 0 fully saturated rings. The number of nitrogens with zero attached hydrogens (tertiary/aromatic N) is 3. The van der Waals surface area contributed by atoms with Crippen LogP contribution in [0.15, 0.2) is 54.4 Å². The number of anilines is 1. The predicted octanol–water partition coefficient (Wildman–Crippen LogP) is 3.51. The molecule has 0 amide bonds. The first-order valence-corrected chi connectivity index (χ1v) is 9.34. The summed E-state index contributed by atoms with van der Waals surface area (Å²) in [6.07, 6.45) is 0. The standard InChI is InChI=1S/C16H13BrFN5O3S/c1-8-4-10(19-13(24)5-8)7-27-16-14(22-26-23-16)15(21-25)20-9-2-3-12(18)11(17)6-9/h2-6,25H,7H2,1H3,(H,19,24)(H,20,21). The van der Waals surface area contributed by atoms with Gasteiger partial charge < -0.3 is 15.5 Å². The average Bonchev–Trinajstić information content (AvgIpc) is 3.08. The zero-order valence-electron chi connectivity index (χ0n) is 13.9. The number of oxime groups is 1. The van der Waals surface area contributed by atoms with E-state index in [2.05, 4.69) is 41.7 Å². The number of halogens is 2. The summed E-state index contributed by atoms with van der Waals surface area (Å²) in [5, 5.41) is 23.3. The molecular formula is C16H13BrFN5O3S. The summed E-state index contributed by atoms with van der Waals surface area (Å²) < 4.78 is 18.4. The van der Waals surface area contributed by atoms with Gasteiger partial charge in [0.15, 0.2) is 10.7 Å². The number of benzene rings is 1. The van der Waals surface area contributed by atoms with Gasteiger partial charge in [0.25, 0.3) is 0 Å². The summed E-state index contributed by atoms with van der Waals surface area (Å²) in [6.45, 7) is 1.83. The molecule has 3 N–H and O–H groups in total. The minimum Gasteiger partial charge on any atom is -0.409 e. The van der Waals surface area contributed by atoms with E-state index >= 15 is 0 Å². The molecule has 0 spiro atoms. The minimum absolute atomic E-state index is 0.0185. The number of amidine groups is 1. The molecule has 0 atom stereocenters. The van der Waals surface area contributed by atoms with Crippen molar-refractivity contribution < 1.29 is 14.2 Å². The summed E-state index contributed by atoms with van der Waals surface area (Å²) in [5.74, 6) is -0.0385. The molecule has 0 unspecified atom stereocenters. The number of thioether (sulfide) groups is 1. The molecule has 0 aliphatic carbocycles. The zero-order chi connectivity index (χ0) is 19.4. The molecule has 0 saturated carbocycles. The van der Waals surface area contributed by atoms with E-state index in [4.69, 9.17) is 4.63 Å². The first kappa shape index (κ1) is 19.1. The van der Waals surface area contributed by atoms with Crippen LogP contribution in [-0.4, -0.2) is 26.3 Å². The lowest BCUT2D eigenvalue weighted by Gasteiger charge is -2.07. The maximum absolute atomic E-state index is 13.4. The van der Waals surface area contributed by atoms with E-state index in [1.165, 1.54) is 36.0 Å². The monoisotopic (exact) mass is 453 g/mol. The van der Waals surface area contributed by atoms with E-state index in [9.17, 15) is 14.4 Å². The fourth-order valence-electron chi connectivity index (χ4n) is 2.24. The topological polar surface area (TPSA) is 116 Å². The summed E-state index contributed by atoms with van der Waals surface area (Å²) in [7, 11) is 0. The highest BCUT2D eigenvalue weighted by Crippen LogP contribution is 2.25. The Labute approximate surface area is 165 Å². The normalized spacial score (nSPS) is 11.6. The van der Waals surface area contributed by atoms with E-state index in [0.29, 0.717) is 22.2 Å². The number of aryl methyl sites for hydroxylation is 1. The second kappa shape index (κ2) is 8.35. The Hall–Kier alpha value is -2.66. The van der Waals surface area contributed by atoms with Crippen LogP contribution in [0.2, 0.25) is 0 Å². The van der Waals surface area contributed by atoms with Crippen molar-refractivity contribution in [2.75, 3.05) is 5.32 Å². The van der Waals surface area contributed by atoms with Crippen LogP contribution in [0.1, 0.15) is 17.0 Å². The molecule has 3 aromatic rings. The van der Waals surface area contributed by atoms with E-state index in [1.807, 2.05) is 13.0 Å². The SMILES string of the molecule is Cc1cc(CSc2nonc2/C(=N\O)Nc2ccc(F)c(Br)c2)[nH]c(=O)c1. The molecule has 0 aliphatic rings. The van der Waals surface area contributed by atoms with Gasteiger partial charge in [0.2, 0.25) is 11.4 Å². The Bertz CT molecular complexity index is 1050. The predicted molar refractivity (Wildman–Crippen MR) is 102 cm³/mol. The molecule has 0 radical (unpaired) electrons. The third-order valence-electron chi connectivity index (χ3n) is 3.37. The summed E-state index contributed by atoms with van der Waals surface area (Å²) >= 11 is 4.33. The van der Waals surface area contributed by atoms with E-state index < -0.39 is 5.82 Å². The number of aromatic nitrogens is 3. The smallest absolute Gasteiger partial charge is 0.248 e. The van der Waals surface area contributed by atoms with Crippen LogP contribution in [0.25, 0.3) is 0 Å². The van der Waals surface area contributed by atoms with Gasteiger partial charge in [-0.3, -0.25) is 4.79 Å². The highest BCUT2D eigenvalue weighted by atomic mass is 79.9. The van der Waals surface area contributed by atoms with Gasteiger partial charge in [-0.05, 0) is 63.0 Å². The molecule has 1 aromatic carbocycles. The van der Waals surface area contributed by atoms with Crippen LogP contribution in [0.3, 0.4) is 0 Å². The molecule has 140 valence electrons. The van der Waals surface area contributed by atoms with Gasteiger partial charge in [-0.25, -0.2) is 9.02 Å². The number of hydrogen-bond donors (Lipinski definition) is 3. The minimum atomic E-state index is -0.422. The lowest BCUT2D eigenvalue weighted by Crippen LogP contribution is -2.15. The molecule has 11 heteroatoms. The van der Waals surface area contributed by atoms with E-state index in [1.54, 1.807) is 0 Å². The second-order valence-corrected chi connectivity index (χ2v) is 7.27. The van der Waals surface area contributed by atoms with Crippen molar-refractivity contribution in [1.82, 2.24) is 15.3 Å².